The number of guanidine groups is 1. The van der Waals surface area contributed by atoms with Crippen molar-refractivity contribution in [3.05, 3.63) is 47.3 Å². The Morgan fingerprint density at radius 1 is 1.25 bits per heavy atom. The van der Waals surface area contributed by atoms with E-state index >= 15 is 0 Å². The van der Waals surface area contributed by atoms with Crippen molar-refractivity contribution in [2.75, 3.05) is 27.7 Å². The first-order valence-corrected chi connectivity index (χ1v) is 9.72. The lowest BCUT2D eigenvalue weighted by Crippen LogP contribution is -2.45. The van der Waals surface area contributed by atoms with Crippen LogP contribution in [0.5, 0.6) is 0 Å². The summed E-state index contributed by atoms with van der Waals surface area (Å²) in [6.45, 7) is 5.72. The maximum Gasteiger partial charge on any atom is 0.191 e. The normalized spacial score (nSPS) is 15.3. The second-order valence-corrected chi connectivity index (χ2v) is 7.64. The van der Waals surface area contributed by atoms with E-state index in [1.165, 1.54) is 18.4 Å². The number of nitrogens with zero attached hydrogens (tertiary/aromatic N) is 4. The monoisotopic (exact) mass is 496 g/mol. The van der Waals surface area contributed by atoms with Gasteiger partial charge in [0.05, 0.1) is 11.4 Å². The molecule has 1 atom stereocenters. The highest BCUT2D eigenvalue weighted by Gasteiger charge is 2.32. The van der Waals surface area contributed by atoms with Gasteiger partial charge in [-0.15, -0.1) is 24.0 Å². The fourth-order valence-corrected chi connectivity index (χ4v) is 3.59. The molecule has 2 N–H and O–H groups in total. The van der Waals surface area contributed by atoms with Crippen LogP contribution >= 0.6 is 24.0 Å². The summed E-state index contributed by atoms with van der Waals surface area (Å²) in [5.74, 6) is 1.66. The molecular weight excluding hydrogens is 463 g/mol. The molecule has 0 bridgehead atoms. The number of benzene rings is 1. The van der Waals surface area contributed by atoms with E-state index in [4.69, 9.17) is 0 Å². The third-order valence-electron chi connectivity index (χ3n) is 5.21. The van der Waals surface area contributed by atoms with Crippen LogP contribution in [0.15, 0.2) is 35.3 Å². The highest BCUT2D eigenvalue weighted by Crippen LogP contribution is 2.34. The number of hydrogen-bond acceptors (Lipinski definition) is 3. The van der Waals surface area contributed by atoms with Crippen molar-refractivity contribution >= 4 is 29.9 Å². The molecule has 0 radical (unpaired) electrons. The average molecular weight is 496 g/mol. The molecule has 1 fully saturated rings. The van der Waals surface area contributed by atoms with Crippen molar-refractivity contribution in [3.8, 4) is 5.69 Å². The SMILES string of the molecule is CN=C(NCc1ccccc1-n1nc(C)cc1C)NCC(C1CC1)N(C)C.I. The number of halogens is 1. The van der Waals surface area contributed by atoms with Crippen molar-refractivity contribution in [1.29, 1.82) is 0 Å². The first kappa shape index (κ1) is 22.7. The molecule has 3 rings (SSSR count). The van der Waals surface area contributed by atoms with E-state index in [9.17, 15) is 0 Å². The first-order valence-electron chi connectivity index (χ1n) is 9.72. The summed E-state index contributed by atoms with van der Waals surface area (Å²) in [7, 11) is 6.14. The molecule has 0 aliphatic heterocycles. The summed E-state index contributed by atoms with van der Waals surface area (Å²) in [4.78, 5) is 6.71. The Kier molecular flexibility index (Phi) is 8.30. The van der Waals surface area contributed by atoms with Crippen LogP contribution in [0.2, 0.25) is 0 Å². The van der Waals surface area contributed by atoms with Crippen LogP contribution in [0.3, 0.4) is 0 Å². The molecule has 6 nitrogen and oxygen atoms in total. The third-order valence-corrected chi connectivity index (χ3v) is 5.21. The maximum atomic E-state index is 4.63. The zero-order chi connectivity index (χ0) is 19.4. The summed E-state index contributed by atoms with van der Waals surface area (Å²) >= 11 is 0. The molecular formula is C21H33IN6. The van der Waals surface area contributed by atoms with Crippen LogP contribution in [0.25, 0.3) is 5.69 Å². The van der Waals surface area contributed by atoms with Crippen LogP contribution < -0.4 is 10.6 Å². The maximum absolute atomic E-state index is 4.63. The minimum absolute atomic E-state index is 0. The van der Waals surface area contributed by atoms with Gasteiger partial charge in [0, 0.05) is 31.9 Å². The number of rotatable bonds is 7. The fraction of sp³-hybridized carbons (Fsp3) is 0.524. The topological polar surface area (TPSA) is 57.5 Å². The number of aryl methyl sites for hydroxylation is 2. The number of aliphatic imine (C=N–C) groups is 1. The number of aromatic nitrogens is 2. The Morgan fingerprint density at radius 2 is 1.96 bits per heavy atom. The zero-order valence-electron chi connectivity index (χ0n) is 17.6. The molecule has 1 unspecified atom stereocenters. The van der Waals surface area contributed by atoms with E-state index in [0.717, 1.165) is 35.5 Å². The zero-order valence-corrected chi connectivity index (χ0v) is 19.9. The van der Waals surface area contributed by atoms with Crippen LogP contribution in [-0.2, 0) is 6.54 Å². The van der Waals surface area contributed by atoms with Gasteiger partial charge in [-0.25, -0.2) is 4.68 Å². The van der Waals surface area contributed by atoms with Gasteiger partial charge in [-0.1, -0.05) is 18.2 Å². The molecule has 1 aromatic carbocycles. The molecule has 1 aliphatic carbocycles. The first-order chi connectivity index (χ1) is 13.0. The smallest absolute Gasteiger partial charge is 0.191 e. The number of likely N-dealkylation sites (N-methyl/N-ethyl adjacent to an activating group) is 1. The summed E-state index contributed by atoms with van der Waals surface area (Å²) in [5.41, 5.74) is 4.47. The van der Waals surface area contributed by atoms with E-state index in [1.54, 1.807) is 0 Å². The standard InChI is InChI=1S/C21H32N6.HI/c1-15-12-16(2)27(25-15)19-9-7-6-8-18(19)13-23-21(22-3)24-14-20(26(4)5)17-10-11-17;/h6-9,12,17,20H,10-11,13-14H2,1-5H3,(H2,22,23,24);1H. The van der Waals surface area contributed by atoms with Crippen molar-refractivity contribution in [3.63, 3.8) is 0 Å². The number of para-hydroxylation sites is 1. The van der Waals surface area contributed by atoms with Gasteiger partial charge in [0.2, 0.25) is 0 Å². The minimum Gasteiger partial charge on any atom is -0.355 e. The molecule has 1 saturated carbocycles. The van der Waals surface area contributed by atoms with Crippen molar-refractivity contribution in [1.82, 2.24) is 25.3 Å². The van der Waals surface area contributed by atoms with Crippen molar-refractivity contribution in [2.24, 2.45) is 10.9 Å². The molecule has 0 saturated heterocycles. The summed E-state index contributed by atoms with van der Waals surface area (Å²) in [6.07, 6.45) is 2.68. The Labute approximate surface area is 185 Å². The van der Waals surface area contributed by atoms with Gasteiger partial charge in [-0.05, 0) is 64.4 Å². The second kappa shape index (κ2) is 10.2. The van der Waals surface area contributed by atoms with Gasteiger partial charge >= 0.3 is 0 Å². The van der Waals surface area contributed by atoms with Crippen LogP contribution in [0.4, 0.5) is 0 Å². The number of hydrogen-bond donors (Lipinski definition) is 2. The summed E-state index contributed by atoms with van der Waals surface area (Å²) < 4.78 is 2.01. The Bertz CT molecular complexity index is 792. The Balaban J connectivity index is 0.00000280. The van der Waals surface area contributed by atoms with E-state index in [0.29, 0.717) is 12.6 Å². The molecule has 2 aromatic rings. The van der Waals surface area contributed by atoms with Gasteiger partial charge in [-0.3, -0.25) is 4.99 Å². The molecule has 154 valence electrons. The van der Waals surface area contributed by atoms with Gasteiger partial charge in [0.25, 0.3) is 0 Å². The fourth-order valence-electron chi connectivity index (χ4n) is 3.59. The average Bonchev–Trinajstić information content (AvgIpc) is 3.41. The molecule has 1 aromatic heterocycles. The van der Waals surface area contributed by atoms with Crippen LogP contribution in [-0.4, -0.2) is 54.4 Å². The van der Waals surface area contributed by atoms with Gasteiger partial charge < -0.3 is 15.5 Å². The van der Waals surface area contributed by atoms with Crippen LogP contribution in [0, 0.1) is 19.8 Å². The predicted molar refractivity (Wildman–Crippen MR) is 127 cm³/mol. The second-order valence-electron chi connectivity index (χ2n) is 7.64. The number of nitrogens with one attached hydrogen (secondary N) is 2. The van der Waals surface area contributed by atoms with Crippen LogP contribution in [0.1, 0.15) is 29.8 Å². The highest BCUT2D eigenvalue weighted by molar-refractivity contribution is 14.0. The molecule has 28 heavy (non-hydrogen) atoms. The minimum atomic E-state index is 0. The van der Waals surface area contributed by atoms with Crippen molar-refractivity contribution in [2.45, 2.75) is 39.3 Å². The van der Waals surface area contributed by atoms with E-state index < -0.39 is 0 Å². The van der Waals surface area contributed by atoms with E-state index in [2.05, 4.69) is 77.0 Å². The quantitative estimate of drug-likeness (QED) is 0.352. The van der Waals surface area contributed by atoms with E-state index in [1.807, 2.05) is 18.7 Å². The highest BCUT2D eigenvalue weighted by atomic mass is 127. The predicted octanol–water partition coefficient (Wildman–Crippen LogP) is 3.11. The summed E-state index contributed by atoms with van der Waals surface area (Å²) in [6, 6.07) is 11.0. The molecule has 0 amide bonds. The van der Waals surface area contributed by atoms with Crippen molar-refractivity contribution < 1.29 is 0 Å². The van der Waals surface area contributed by atoms with Gasteiger partial charge in [0.1, 0.15) is 0 Å². The Morgan fingerprint density at radius 3 is 2.54 bits per heavy atom. The summed E-state index contributed by atoms with van der Waals surface area (Å²) in [5, 5.41) is 11.6. The molecule has 7 heteroatoms. The molecule has 0 spiro atoms. The molecule has 1 heterocycles. The Hall–Kier alpha value is -1.61. The van der Waals surface area contributed by atoms with E-state index in [-0.39, 0.29) is 24.0 Å². The van der Waals surface area contributed by atoms with Gasteiger partial charge in [-0.2, -0.15) is 5.10 Å². The largest absolute Gasteiger partial charge is 0.355 e. The lowest BCUT2D eigenvalue weighted by molar-refractivity contribution is 0.264. The molecule has 1 aliphatic rings. The lowest BCUT2D eigenvalue weighted by atomic mass is 10.1. The third kappa shape index (κ3) is 5.70. The van der Waals surface area contributed by atoms with Gasteiger partial charge in [0.15, 0.2) is 5.96 Å². The lowest BCUT2D eigenvalue weighted by Gasteiger charge is -2.25.